The molecule has 0 aromatic carbocycles. The Hall–Kier alpha value is -1.06. The molecule has 1 amide bonds. The van der Waals surface area contributed by atoms with Gasteiger partial charge in [0.05, 0.1) is 11.8 Å². The van der Waals surface area contributed by atoms with Crippen molar-refractivity contribution in [3.05, 3.63) is 0 Å². The summed E-state index contributed by atoms with van der Waals surface area (Å²) in [5, 5.41) is 12.3. The molecular formula is C15H27NO3. The first-order valence-electron chi connectivity index (χ1n) is 7.43. The van der Waals surface area contributed by atoms with Crippen molar-refractivity contribution in [2.75, 3.05) is 0 Å². The summed E-state index contributed by atoms with van der Waals surface area (Å²) >= 11 is 0. The van der Waals surface area contributed by atoms with Crippen LogP contribution in [0, 0.1) is 23.7 Å². The summed E-state index contributed by atoms with van der Waals surface area (Å²) in [6, 6.07) is 0.141. The normalized spacial score (nSPS) is 28.4. The Morgan fingerprint density at radius 3 is 2.21 bits per heavy atom. The zero-order chi connectivity index (χ0) is 14.6. The van der Waals surface area contributed by atoms with E-state index >= 15 is 0 Å². The molecule has 1 aliphatic carbocycles. The molecule has 1 fully saturated rings. The van der Waals surface area contributed by atoms with Crippen molar-refractivity contribution < 1.29 is 14.7 Å². The molecule has 4 nitrogen and oxygen atoms in total. The molecular weight excluding hydrogens is 242 g/mol. The highest BCUT2D eigenvalue weighted by Gasteiger charge is 2.42. The van der Waals surface area contributed by atoms with Gasteiger partial charge in [0.25, 0.3) is 0 Å². The molecule has 0 spiro atoms. The molecule has 0 aromatic rings. The Morgan fingerprint density at radius 1 is 1.21 bits per heavy atom. The van der Waals surface area contributed by atoms with Gasteiger partial charge in [-0.2, -0.15) is 0 Å². The van der Waals surface area contributed by atoms with Crippen LogP contribution in [0.3, 0.4) is 0 Å². The lowest BCUT2D eigenvalue weighted by atomic mass is 9.93. The minimum absolute atomic E-state index is 0.0658. The van der Waals surface area contributed by atoms with Gasteiger partial charge in [-0.15, -0.1) is 0 Å². The van der Waals surface area contributed by atoms with Crippen LogP contribution >= 0.6 is 0 Å². The molecule has 4 atom stereocenters. The molecule has 0 heterocycles. The van der Waals surface area contributed by atoms with E-state index in [4.69, 9.17) is 0 Å². The van der Waals surface area contributed by atoms with Gasteiger partial charge >= 0.3 is 5.97 Å². The van der Waals surface area contributed by atoms with Crippen LogP contribution in [0.25, 0.3) is 0 Å². The highest BCUT2D eigenvalue weighted by atomic mass is 16.4. The van der Waals surface area contributed by atoms with Crippen LogP contribution in [0.4, 0.5) is 0 Å². The Kier molecular flexibility index (Phi) is 5.83. The van der Waals surface area contributed by atoms with Gasteiger partial charge in [-0.1, -0.05) is 34.1 Å². The number of carbonyl (C=O) groups is 2. The third-order valence-electron chi connectivity index (χ3n) is 4.46. The van der Waals surface area contributed by atoms with Crippen LogP contribution in [-0.4, -0.2) is 23.0 Å². The zero-order valence-electron chi connectivity index (χ0n) is 12.5. The fourth-order valence-corrected chi connectivity index (χ4v) is 3.07. The lowest BCUT2D eigenvalue weighted by Crippen LogP contribution is -2.43. The Morgan fingerprint density at radius 2 is 1.79 bits per heavy atom. The Labute approximate surface area is 116 Å². The maximum atomic E-state index is 12.3. The van der Waals surface area contributed by atoms with Crippen LogP contribution in [0.5, 0.6) is 0 Å². The molecule has 0 aromatic heterocycles. The fraction of sp³-hybridized carbons (Fsp3) is 0.867. The smallest absolute Gasteiger partial charge is 0.307 e. The van der Waals surface area contributed by atoms with E-state index in [2.05, 4.69) is 26.1 Å². The van der Waals surface area contributed by atoms with Crippen molar-refractivity contribution in [1.29, 1.82) is 0 Å². The number of carboxylic acid groups (broad SMARTS) is 1. The number of amides is 1. The van der Waals surface area contributed by atoms with E-state index in [1.165, 1.54) is 0 Å². The van der Waals surface area contributed by atoms with Gasteiger partial charge in [-0.05, 0) is 31.1 Å². The molecule has 0 radical (unpaired) electrons. The van der Waals surface area contributed by atoms with Crippen molar-refractivity contribution >= 4 is 11.9 Å². The van der Waals surface area contributed by atoms with Gasteiger partial charge in [0.15, 0.2) is 0 Å². The third-order valence-corrected chi connectivity index (χ3v) is 4.46. The average molecular weight is 269 g/mol. The van der Waals surface area contributed by atoms with Crippen LogP contribution in [0.2, 0.25) is 0 Å². The topological polar surface area (TPSA) is 66.4 Å². The summed E-state index contributed by atoms with van der Waals surface area (Å²) in [5.41, 5.74) is 0. The molecule has 2 unspecified atom stereocenters. The molecule has 2 N–H and O–H groups in total. The molecule has 0 bridgehead atoms. The van der Waals surface area contributed by atoms with Crippen LogP contribution in [0.1, 0.15) is 53.4 Å². The number of nitrogens with one attached hydrogen (secondary N) is 1. The van der Waals surface area contributed by atoms with Crippen molar-refractivity contribution in [2.24, 2.45) is 23.7 Å². The van der Waals surface area contributed by atoms with E-state index in [1.807, 2.05) is 6.92 Å². The fourth-order valence-electron chi connectivity index (χ4n) is 3.07. The quantitative estimate of drug-likeness (QED) is 0.779. The SMILES string of the molecule is CCC1C[C@H](C(=O)NC(CC)C(C)C)[C@H](C(=O)O)C1. The van der Waals surface area contributed by atoms with E-state index in [1.54, 1.807) is 0 Å². The second kappa shape index (κ2) is 6.92. The first-order valence-corrected chi connectivity index (χ1v) is 7.43. The van der Waals surface area contributed by atoms with Gasteiger partial charge in [-0.25, -0.2) is 0 Å². The maximum Gasteiger partial charge on any atom is 0.307 e. The summed E-state index contributed by atoms with van der Waals surface area (Å²) in [7, 11) is 0. The first-order chi connectivity index (χ1) is 8.90. The lowest BCUT2D eigenvalue weighted by Gasteiger charge is -2.24. The van der Waals surface area contributed by atoms with Crippen LogP contribution in [-0.2, 0) is 9.59 Å². The van der Waals surface area contributed by atoms with E-state index in [9.17, 15) is 14.7 Å². The average Bonchev–Trinajstić information content (AvgIpc) is 2.79. The van der Waals surface area contributed by atoms with Gasteiger partial charge in [-0.3, -0.25) is 9.59 Å². The summed E-state index contributed by atoms with van der Waals surface area (Å²) in [4.78, 5) is 23.6. The molecule has 4 heteroatoms. The van der Waals surface area contributed by atoms with Crippen LogP contribution in [0.15, 0.2) is 0 Å². The highest BCUT2D eigenvalue weighted by molar-refractivity contribution is 5.85. The van der Waals surface area contributed by atoms with Crippen molar-refractivity contribution in [3.8, 4) is 0 Å². The highest BCUT2D eigenvalue weighted by Crippen LogP contribution is 2.38. The zero-order valence-corrected chi connectivity index (χ0v) is 12.5. The molecule has 110 valence electrons. The number of rotatable bonds is 6. The van der Waals surface area contributed by atoms with Gasteiger partial charge in [0, 0.05) is 6.04 Å². The van der Waals surface area contributed by atoms with Crippen molar-refractivity contribution in [1.82, 2.24) is 5.32 Å². The second-order valence-corrected chi connectivity index (χ2v) is 6.06. The number of aliphatic carboxylic acids is 1. The van der Waals surface area contributed by atoms with Crippen LogP contribution < -0.4 is 5.32 Å². The van der Waals surface area contributed by atoms with E-state index in [0.29, 0.717) is 24.7 Å². The first kappa shape index (κ1) is 16.0. The number of hydrogen-bond acceptors (Lipinski definition) is 2. The minimum atomic E-state index is -0.825. The Balaban J connectivity index is 2.71. The summed E-state index contributed by atoms with van der Waals surface area (Å²) in [6.07, 6.45) is 3.19. The van der Waals surface area contributed by atoms with Crippen molar-refractivity contribution in [3.63, 3.8) is 0 Å². The predicted molar refractivity (Wildman–Crippen MR) is 74.7 cm³/mol. The summed E-state index contributed by atoms with van der Waals surface area (Å²) < 4.78 is 0. The lowest BCUT2D eigenvalue weighted by molar-refractivity contribution is -0.146. The van der Waals surface area contributed by atoms with E-state index in [-0.39, 0.29) is 17.9 Å². The van der Waals surface area contributed by atoms with E-state index < -0.39 is 11.9 Å². The van der Waals surface area contributed by atoms with Gasteiger partial charge in [0.1, 0.15) is 0 Å². The monoisotopic (exact) mass is 269 g/mol. The molecule has 1 aliphatic rings. The number of hydrogen-bond donors (Lipinski definition) is 2. The molecule has 0 saturated heterocycles. The molecule has 0 aliphatic heterocycles. The van der Waals surface area contributed by atoms with Gasteiger partial charge < -0.3 is 10.4 Å². The largest absolute Gasteiger partial charge is 0.481 e. The summed E-state index contributed by atoms with van der Waals surface area (Å²) in [5.74, 6) is -1.00. The molecule has 1 rings (SSSR count). The standard InChI is InChI=1S/C15H27NO3/c1-5-10-7-11(12(8-10)15(18)19)14(17)16-13(6-2)9(3)4/h9-13H,5-8H2,1-4H3,(H,16,17)(H,18,19)/t10?,11-,12+,13?/m0/s1. The maximum absolute atomic E-state index is 12.3. The molecule has 19 heavy (non-hydrogen) atoms. The predicted octanol–water partition coefficient (Wildman–Crippen LogP) is 2.67. The van der Waals surface area contributed by atoms with E-state index in [0.717, 1.165) is 12.8 Å². The van der Waals surface area contributed by atoms with Gasteiger partial charge in [0.2, 0.25) is 5.91 Å². The van der Waals surface area contributed by atoms with Crippen molar-refractivity contribution in [2.45, 2.75) is 59.4 Å². The number of carbonyl (C=O) groups excluding carboxylic acids is 1. The second-order valence-electron chi connectivity index (χ2n) is 6.06. The Bertz CT molecular complexity index is 327. The molecule has 1 saturated carbocycles. The summed E-state index contributed by atoms with van der Waals surface area (Å²) in [6.45, 7) is 8.26. The third kappa shape index (κ3) is 3.95. The number of carboxylic acids is 1. The minimum Gasteiger partial charge on any atom is -0.481 e.